The Morgan fingerprint density at radius 1 is 1.20 bits per heavy atom. The fourth-order valence-electron chi connectivity index (χ4n) is 2.54. The molecule has 3 rings (SSSR count). The normalized spacial score (nSPS) is 10.6. The van der Waals surface area contributed by atoms with Crippen molar-refractivity contribution in [3.05, 3.63) is 58.4 Å². The monoisotopic (exact) mass is 338 g/mol. The van der Waals surface area contributed by atoms with Gasteiger partial charge in [0.2, 0.25) is 0 Å². The minimum Gasteiger partial charge on any atom is -0.493 e. The summed E-state index contributed by atoms with van der Waals surface area (Å²) in [5.74, 6) is 0.719. The number of nitrogens with one attached hydrogen (secondary N) is 1. The number of hydrogen-bond donors (Lipinski definition) is 1. The number of hydrogen-bond acceptors (Lipinski definition) is 5. The third-order valence-corrected chi connectivity index (χ3v) is 3.68. The van der Waals surface area contributed by atoms with Crippen molar-refractivity contribution in [3.63, 3.8) is 0 Å². The highest BCUT2D eigenvalue weighted by atomic mass is 16.5. The van der Waals surface area contributed by atoms with E-state index in [0.29, 0.717) is 40.2 Å². The number of fused-ring (bicyclic) bond motifs is 1. The molecule has 0 amide bonds. The minimum absolute atomic E-state index is 0.0936. The predicted octanol–water partition coefficient (Wildman–Crippen LogP) is 3.05. The summed E-state index contributed by atoms with van der Waals surface area (Å²) in [6, 6.07) is 12.6. The second kappa shape index (κ2) is 7.17. The highest BCUT2D eigenvalue weighted by Crippen LogP contribution is 2.26. The Kier molecular flexibility index (Phi) is 4.79. The number of para-hydroxylation sites is 1. The standard InChI is InChI=1S/C19H18N2O4/c1-3-24-17-9-8-13(10-14(17)11-25-12(2)22)18-20-16-7-5-4-6-15(16)19(23)21-18/h4-10H,3,11H2,1-2H3,(H,20,21,23). The van der Waals surface area contributed by atoms with Crippen LogP contribution in [0, 0.1) is 0 Å². The van der Waals surface area contributed by atoms with Crippen molar-refractivity contribution in [1.82, 2.24) is 9.97 Å². The van der Waals surface area contributed by atoms with Crippen molar-refractivity contribution in [3.8, 4) is 17.1 Å². The van der Waals surface area contributed by atoms with Crippen LogP contribution in [0.3, 0.4) is 0 Å². The van der Waals surface area contributed by atoms with E-state index in [9.17, 15) is 9.59 Å². The van der Waals surface area contributed by atoms with Gasteiger partial charge in [-0.3, -0.25) is 9.59 Å². The highest BCUT2D eigenvalue weighted by molar-refractivity contribution is 5.79. The van der Waals surface area contributed by atoms with Crippen LogP contribution in [0.4, 0.5) is 0 Å². The van der Waals surface area contributed by atoms with Gasteiger partial charge in [0.1, 0.15) is 18.2 Å². The van der Waals surface area contributed by atoms with Crippen LogP contribution in [0.2, 0.25) is 0 Å². The number of aromatic amines is 1. The van der Waals surface area contributed by atoms with Crippen molar-refractivity contribution in [1.29, 1.82) is 0 Å². The van der Waals surface area contributed by atoms with Gasteiger partial charge in [0.25, 0.3) is 5.56 Å². The van der Waals surface area contributed by atoms with E-state index in [1.54, 1.807) is 30.3 Å². The van der Waals surface area contributed by atoms with E-state index in [-0.39, 0.29) is 18.1 Å². The summed E-state index contributed by atoms with van der Waals surface area (Å²) >= 11 is 0. The van der Waals surface area contributed by atoms with Crippen LogP contribution < -0.4 is 10.3 Å². The number of carbonyl (C=O) groups is 1. The third-order valence-electron chi connectivity index (χ3n) is 3.68. The summed E-state index contributed by atoms with van der Waals surface area (Å²) in [6.45, 7) is 3.83. The van der Waals surface area contributed by atoms with E-state index in [0.717, 1.165) is 0 Å². The lowest BCUT2D eigenvalue weighted by Gasteiger charge is -2.12. The quantitative estimate of drug-likeness (QED) is 0.723. The molecule has 128 valence electrons. The molecule has 0 unspecified atom stereocenters. The van der Waals surface area contributed by atoms with Crippen LogP contribution in [-0.4, -0.2) is 22.5 Å². The van der Waals surface area contributed by atoms with Crippen molar-refractivity contribution in [2.24, 2.45) is 0 Å². The molecule has 1 aromatic heterocycles. The topological polar surface area (TPSA) is 81.3 Å². The summed E-state index contributed by atoms with van der Waals surface area (Å²) in [6.07, 6.45) is 0. The second-order valence-corrected chi connectivity index (χ2v) is 5.47. The van der Waals surface area contributed by atoms with E-state index in [4.69, 9.17) is 9.47 Å². The maximum Gasteiger partial charge on any atom is 0.302 e. The fraction of sp³-hybridized carbons (Fsp3) is 0.211. The second-order valence-electron chi connectivity index (χ2n) is 5.47. The van der Waals surface area contributed by atoms with E-state index in [2.05, 4.69) is 9.97 Å². The molecule has 0 bridgehead atoms. The average Bonchev–Trinajstić information content (AvgIpc) is 2.61. The van der Waals surface area contributed by atoms with Gasteiger partial charge in [0.05, 0.1) is 17.5 Å². The number of benzene rings is 2. The number of ether oxygens (including phenoxy) is 2. The Hall–Kier alpha value is -3.15. The molecule has 1 heterocycles. The molecular weight excluding hydrogens is 320 g/mol. The average molecular weight is 338 g/mol. The number of carbonyl (C=O) groups excluding carboxylic acids is 1. The van der Waals surface area contributed by atoms with Gasteiger partial charge >= 0.3 is 5.97 Å². The molecule has 2 aromatic carbocycles. The molecule has 1 N–H and O–H groups in total. The summed E-state index contributed by atoms with van der Waals surface area (Å²) in [5.41, 5.74) is 1.85. The van der Waals surface area contributed by atoms with Crippen LogP contribution in [0.1, 0.15) is 19.4 Å². The molecule has 6 heteroatoms. The number of rotatable bonds is 5. The minimum atomic E-state index is -0.370. The van der Waals surface area contributed by atoms with E-state index < -0.39 is 0 Å². The Bertz CT molecular complexity index is 979. The van der Waals surface area contributed by atoms with Crippen molar-refractivity contribution < 1.29 is 14.3 Å². The van der Waals surface area contributed by atoms with Gasteiger partial charge in [-0.05, 0) is 37.3 Å². The zero-order chi connectivity index (χ0) is 17.8. The lowest BCUT2D eigenvalue weighted by Crippen LogP contribution is -2.09. The van der Waals surface area contributed by atoms with Gasteiger partial charge in [0, 0.05) is 18.1 Å². The number of H-pyrrole nitrogens is 1. The Labute approximate surface area is 144 Å². The van der Waals surface area contributed by atoms with Crippen LogP contribution in [-0.2, 0) is 16.1 Å². The van der Waals surface area contributed by atoms with Crippen LogP contribution in [0.5, 0.6) is 5.75 Å². The van der Waals surface area contributed by atoms with Gasteiger partial charge < -0.3 is 14.5 Å². The molecule has 0 fully saturated rings. The first-order valence-corrected chi connectivity index (χ1v) is 7.97. The summed E-state index contributed by atoms with van der Waals surface area (Å²) < 4.78 is 10.7. The predicted molar refractivity (Wildman–Crippen MR) is 94.4 cm³/mol. The first kappa shape index (κ1) is 16.7. The van der Waals surface area contributed by atoms with Crippen molar-refractivity contribution in [2.45, 2.75) is 20.5 Å². The maximum atomic E-state index is 12.3. The van der Waals surface area contributed by atoms with Crippen molar-refractivity contribution >= 4 is 16.9 Å². The van der Waals surface area contributed by atoms with E-state index in [1.165, 1.54) is 6.92 Å². The van der Waals surface area contributed by atoms with E-state index >= 15 is 0 Å². The summed E-state index contributed by atoms with van der Waals surface area (Å²) in [4.78, 5) is 30.7. The molecule has 3 aromatic rings. The Balaban J connectivity index is 2.06. The first-order chi connectivity index (χ1) is 12.1. The summed E-state index contributed by atoms with van der Waals surface area (Å²) in [7, 11) is 0. The van der Waals surface area contributed by atoms with Gasteiger partial charge in [-0.1, -0.05) is 12.1 Å². The first-order valence-electron chi connectivity index (χ1n) is 7.97. The van der Waals surface area contributed by atoms with E-state index in [1.807, 2.05) is 19.1 Å². The van der Waals surface area contributed by atoms with Gasteiger partial charge in [0.15, 0.2) is 0 Å². The molecule has 25 heavy (non-hydrogen) atoms. The number of esters is 1. The molecule has 6 nitrogen and oxygen atoms in total. The molecule has 0 atom stereocenters. The van der Waals surface area contributed by atoms with Crippen molar-refractivity contribution in [2.75, 3.05) is 6.61 Å². The SMILES string of the molecule is CCOc1ccc(-c2nc3ccccc3c(=O)[nH]2)cc1COC(C)=O. The van der Waals surface area contributed by atoms with Gasteiger partial charge in [-0.15, -0.1) is 0 Å². The lowest BCUT2D eigenvalue weighted by atomic mass is 10.1. The van der Waals surface area contributed by atoms with Crippen LogP contribution in [0.25, 0.3) is 22.3 Å². The molecule has 0 aliphatic carbocycles. The molecule has 0 saturated heterocycles. The largest absolute Gasteiger partial charge is 0.493 e. The zero-order valence-corrected chi connectivity index (χ0v) is 14.0. The molecule has 0 spiro atoms. The molecule has 0 aliphatic rings. The highest BCUT2D eigenvalue weighted by Gasteiger charge is 2.11. The molecule has 0 radical (unpaired) electrons. The lowest BCUT2D eigenvalue weighted by molar-refractivity contribution is -0.142. The number of aromatic nitrogens is 2. The Morgan fingerprint density at radius 3 is 2.76 bits per heavy atom. The zero-order valence-electron chi connectivity index (χ0n) is 14.0. The van der Waals surface area contributed by atoms with Crippen LogP contribution in [0.15, 0.2) is 47.3 Å². The smallest absolute Gasteiger partial charge is 0.302 e. The maximum absolute atomic E-state index is 12.3. The summed E-state index contributed by atoms with van der Waals surface area (Å²) in [5, 5.41) is 0.539. The fourth-order valence-corrected chi connectivity index (χ4v) is 2.54. The van der Waals surface area contributed by atoms with Gasteiger partial charge in [-0.2, -0.15) is 0 Å². The molecular formula is C19H18N2O4. The molecule has 0 saturated carbocycles. The molecule has 0 aliphatic heterocycles. The van der Waals surface area contributed by atoms with Crippen LogP contribution >= 0.6 is 0 Å². The van der Waals surface area contributed by atoms with Gasteiger partial charge in [-0.25, -0.2) is 4.98 Å². The third kappa shape index (κ3) is 3.68. The number of nitrogens with zero attached hydrogens (tertiary/aromatic N) is 1. The Morgan fingerprint density at radius 2 is 2.00 bits per heavy atom.